The predicted octanol–water partition coefficient (Wildman–Crippen LogP) is 2.18. The van der Waals surface area contributed by atoms with Gasteiger partial charge in [0.1, 0.15) is 11.4 Å². The average Bonchev–Trinajstić information content (AvgIpc) is 2.96. The lowest BCUT2D eigenvalue weighted by atomic mass is 10.0. The Morgan fingerprint density at radius 1 is 1.39 bits per heavy atom. The molecule has 1 aliphatic rings. The zero-order valence-corrected chi connectivity index (χ0v) is 12.6. The number of rotatable bonds is 3. The van der Waals surface area contributed by atoms with E-state index in [9.17, 15) is 14.3 Å². The first-order chi connectivity index (χ1) is 11.1. The fourth-order valence-corrected chi connectivity index (χ4v) is 2.94. The van der Waals surface area contributed by atoms with Gasteiger partial charge in [-0.2, -0.15) is 0 Å². The van der Waals surface area contributed by atoms with Gasteiger partial charge in [0, 0.05) is 12.7 Å². The van der Waals surface area contributed by atoms with Crippen molar-refractivity contribution in [3.8, 4) is 5.88 Å². The molecule has 1 fully saturated rings. The molecule has 0 aliphatic carbocycles. The van der Waals surface area contributed by atoms with E-state index in [1.807, 2.05) is 0 Å². The molecule has 120 valence electrons. The number of carbonyl (C=O) groups is 1. The van der Waals surface area contributed by atoms with Crippen LogP contribution in [-0.2, 0) is 0 Å². The molecule has 6 heteroatoms. The van der Waals surface area contributed by atoms with E-state index in [4.69, 9.17) is 4.74 Å². The van der Waals surface area contributed by atoms with Gasteiger partial charge in [0.15, 0.2) is 0 Å². The lowest BCUT2D eigenvalue weighted by Crippen LogP contribution is -2.32. The van der Waals surface area contributed by atoms with E-state index in [0.29, 0.717) is 17.5 Å². The van der Waals surface area contributed by atoms with Crippen molar-refractivity contribution in [3.05, 3.63) is 59.5 Å². The van der Waals surface area contributed by atoms with E-state index in [-0.39, 0.29) is 30.2 Å². The zero-order chi connectivity index (χ0) is 16.4. The summed E-state index contributed by atoms with van der Waals surface area (Å²) in [5.41, 5.74) is 0.989. The number of carbonyl (C=O) groups excluding carboxylic acids is 1. The van der Waals surface area contributed by atoms with Gasteiger partial charge in [-0.3, -0.25) is 4.79 Å². The largest absolute Gasteiger partial charge is 0.480 e. The number of ether oxygens (including phenoxy) is 1. The molecule has 0 saturated carbocycles. The van der Waals surface area contributed by atoms with Crippen LogP contribution in [0.5, 0.6) is 5.88 Å². The van der Waals surface area contributed by atoms with Gasteiger partial charge in [-0.05, 0) is 36.2 Å². The number of β-amino-alcohol motifs (C(OH)–C–C–N with tert-alkyl or cyclic N) is 1. The molecule has 2 atom stereocenters. The SMILES string of the molecule is COc1ncccc1C(=O)N1C[C@@H](O)C[C@H]1c1cccc(F)c1. The molecule has 1 amide bonds. The first-order valence-electron chi connectivity index (χ1n) is 7.33. The third-order valence-electron chi connectivity index (χ3n) is 3.97. The van der Waals surface area contributed by atoms with Crippen LogP contribution >= 0.6 is 0 Å². The van der Waals surface area contributed by atoms with Crippen LogP contribution in [0, 0.1) is 5.82 Å². The smallest absolute Gasteiger partial charge is 0.259 e. The third-order valence-corrected chi connectivity index (χ3v) is 3.97. The summed E-state index contributed by atoms with van der Waals surface area (Å²) < 4.78 is 18.6. The summed E-state index contributed by atoms with van der Waals surface area (Å²) in [5, 5.41) is 9.99. The van der Waals surface area contributed by atoms with E-state index in [1.165, 1.54) is 19.2 Å². The topological polar surface area (TPSA) is 62.7 Å². The van der Waals surface area contributed by atoms with E-state index < -0.39 is 6.10 Å². The number of amides is 1. The van der Waals surface area contributed by atoms with Crippen LogP contribution in [0.15, 0.2) is 42.6 Å². The highest BCUT2D eigenvalue weighted by Crippen LogP contribution is 2.34. The molecule has 2 heterocycles. The van der Waals surface area contributed by atoms with Crippen LogP contribution in [0.3, 0.4) is 0 Å². The number of halogens is 1. The van der Waals surface area contributed by atoms with Gasteiger partial charge in [-0.25, -0.2) is 9.37 Å². The summed E-state index contributed by atoms with van der Waals surface area (Å²) in [7, 11) is 1.45. The minimum absolute atomic E-state index is 0.193. The Bertz CT molecular complexity index is 722. The molecule has 3 rings (SSSR count). The molecule has 1 N–H and O–H groups in total. The van der Waals surface area contributed by atoms with Gasteiger partial charge in [-0.15, -0.1) is 0 Å². The summed E-state index contributed by atoms with van der Waals surface area (Å²) in [6.45, 7) is 0.193. The number of aliphatic hydroxyl groups is 1. The molecule has 1 aliphatic heterocycles. The first kappa shape index (κ1) is 15.4. The highest BCUT2D eigenvalue weighted by atomic mass is 19.1. The van der Waals surface area contributed by atoms with Crippen LogP contribution in [0.2, 0.25) is 0 Å². The lowest BCUT2D eigenvalue weighted by molar-refractivity contribution is 0.0711. The second-order valence-corrected chi connectivity index (χ2v) is 5.48. The summed E-state index contributed by atoms with van der Waals surface area (Å²) in [6, 6.07) is 9.00. The van der Waals surface area contributed by atoms with Crippen LogP contribution in [0.4, 0.5) is 4.39 Å². The second-order valence-electron chi connectivity index (χ2n) is 5.48. The molecule has 23 heavy (non-hydrogen) atoms. The Labute approximate surface area is 133 Å². The number of hydrogen-bond acceptors (Lipinski definition) is 4. The predicted molar refractivity (Wildman–Crippen MR) is 81.6 cm³/mol. The molecule has 0 bridgehead atoms. The Morgan fingerprint density at radius 2 is 2.22 bits per heavy atom. The summed E-state index contributed by atoms with van der Waals surface area (Å²) in [6.07, 6.45) is 1.27. The number of hydrogen-bond donors (Lipinski definition) is 1. The maximum atomic E-state index is 13.5. The Morgan fingerprint density at radius 3 is 2.96 bits per heavy atom. The Balaban J connectivity index is 1.95. The van der Waals surface area contributed by atoms with Crippen LogP contribution < -0.4 is 4.74 Å². The van der Waals surface area contributed by atoms with Gasteiger partial charge in [0.25, 0.3) is 5.91 Å². The average molecular weight is 316 g/mol. The highest BCUT2D eigenvalue weighted by Gasteiger charge is 2.36. The zero-order valence-electron chi connectivity index (χ0n) is 12.6. The standard InChI is InChI=1S/C17H17FN2O3/c1-23-16-14(6-3-7-19-16)17(22)20-10-13(21)9-15(20)11-4-2-5-12(18)8-11/h2-8,13,15,21H,9-10H2,1H3/t13-,15-/m0/s1. The molecule has 1 saturated heterocycles. The Hall–Kier alpha value is -2.47. The summed E-state index contributed by atoms with van der Waals surface area (Å²) in [5.74, 6) is -0.423. The van der Waals surface area contributed by atoms with Gasteiger partial charge in [0.05, 0.1) is 19.3 Å². The first-order valence-corrected chi connectivity index (χ1v) is 7.33. The van der Waals surface area contributed by atoms with Crippen molar-refractivity contribution in [2.24, 2.45) is 0 Å². The Kier molecular flexibility index (Phi) is 4.25. The van der Waals surface area contributed by atoms with E-state index in [0.717, 1.165) is 0 Å². The molecule has 5 nitrogen and oxygen atoms in total. The number of likely N-dealkylation sites (tertiary alicyclic amines) is 1. The molecule has 0 spiro atoms. The molecule has 0 radical (unpaired) electrons. The highest BCUT2D eigenvalue weighted by molar-refractivity contribution is 5.96. The quantitative estimate of drug-likeness (QED) is 0.943. The van der Waals surface area contributed by atoms with Crippen molar-refractivity contribution in [1.82, 2.24) is 9.88 Å². The second kappa shape index (κ2) is 6.34. The van der Waals surface area contributed by atoms with Gasteiger partial charge >= 0.3 is 0 Å². The number of nitrogens with zero attached hydrogens (tertiary/aromatic N) is 2. The maximum Gasteiger partial charge on any atom is 0.259 e. The van der Waals surface area contributed by atoms with Gasteiger partial charge in [-0.1, -0.05) is 12.1 Å². The molecule has 0 unspecified atom stereocenters. The van der Waals surface area contributed by atoms with E-state index in [1.54, 1.807) is 35.4 Å². The van der Waals surface area contributed by atoms with Gasteiger partial charge in [0.2, 0.25) is 5.88 Å². The summed E-state index contributed by atoms with van der Waals surface area (Å²) >= 11 is 0. The van der Waals surface area contributed by atoms with E-state index in [2.05, 4.69) is 4.98 Å². The minimum atomic E-state index is -0.644. The molecular formula is C17H17FN2O3. The minimum Gasteiger partial charge on any atom is -0.480 e. The fourth-order valence-electron chi connectivity index (χ4n) is 2.94. The van der Waals surface area contributed by atoms with Crippen LogP contribution in [0.1, 0.15) is 28.4 Å². The molecular weight excluding hydrogens is 299 g/mol. The number of pyridine rings is 1. The fraction of sp³-hybridized carbons (Fsp3) is 0.294. The van der Waals surface area contributed by atoms with Gasteiger partial charge < -0.3 is 14.7 Å². The number of aliphatic hydroxyl groups excluding tert-OH is 1. The molecule has 2 aromatic rings. The summed E-state index contributed by atoms with van der Waals surface area (Å²) in [4.78, 5) is 18.4. The number of benzene rings is 1. The monoisotopic (exact) mass is 316 g/mol. The van der Waals surface area contributed by atoms with Crippen molar-refractivity contribution in [2.75, 3.05) is 13.7 Å². The number of methoxy groups -OCH3 is 1. The van der Waals surface area contributed by atoms with Crippen molar-refractivity contribution in [2.45, 2.75) is 18.6 Å². The van der Waals surface area contributed by atoms with Crippen molar-refractivity contribution in [3.63, 3.8) is 0 Å². The normalized spacial score (nSPS) is 20.6. The third kappa shape index (κ3) is 3.03. The molecule has 1 aromatic carbocycles. The van der Waals surface area contributed by atoms with Crippen molar-refractivity contribution < 1.29 is 19.0 Å². The number of aromatic nitrogens is 1. The lowest BCUT2D eigenvalue weighted by Gasteiger charge is -2.25. The van der Waals surface area contributed by atoms with Crippen LogP contribution in [-0.4, -0.2) is 40.7 Å². The molecule has 1 aromatic heterocycles. The van der Waals surface area contributed by atoms with E-state index >= 15 is 0 Å². The van der Waals surface area contributed by atoms with Crippen LogP contribution in [0.25, 0.3) is 0 Å². The van der Waals surface area contributed by atoms with Crippen molar-refractivity contribution >= 4 is 5.91 Å². The van der Waals surface area contributed by atoms with Crippen molar-refractivity contribution in [1.29, 1.82) is 0 Å². The maximum absolute atomic E-state index is 13.5.